The van der Waals surface area contributed by atoms with Gasteiger partial charge < -0.3 is 4.74 Å². The van der Waals surface area contributed by atoms with Crippen LogP contribution in [0.25, 0.3) is 0 Å². The molecule has 1 aromatic heterocycles. The molecular weight excluding hydrogens is 106 g/mol. The molecule has 4 nitrogen and oxygen atoms in total. The largest absolute Gasteiger partial charge is 0.464 e. The molecule has 1 aromatic rings. The van der Waals surface area contributed by atoms with Crippen LogP contribution in [-0.2, 0) is 0 Å². The Kier molecular flexibility index (Phi) is 1.46. The number of H-pyrrole nitrogens is 1. The number of hydrogen-bond acceptors (Lipinski definition) is 3. The molecule has 0 saturated heterocycles. The van der Waals surface area contributed by atoms with Crippen molar-refractivity contribution >= 4 is 0 Å². The molecular formula is C4H6N3O. The molecule has 0 amide bonds. The summed E-state index contributed by atoms with van der Waals surface area (Å²) in [5.41, 5.74) is 0. The lowest BCUT2D eigenvalue weighted by Gasteiger charge is -1.91. The van der Waals surface area contributed by atoms with E-state index in [9.17, 15) is 0 Å². The molecule has 8 heavy (non-hydrogen) atoms. The third-order valence-electron chi connectivity index (χ3n) is 0.635. The Morgan fingerprint density at radius 1 is 1.88 bits per heavy atom. The van der Waals surface area contributed by atoms with Crippen LogP contribution in [-0.4, -0.2) is 21.8 Å². The zero-order chi connectivity index (χ0) is 5.82. The smallest absolute Gasteiger partial charge is 0.314 e. The zero-order valence-electron chi connectivity index (χ0n) is 4.51. The van der Waals surface area contributed by atoms with E-state index in [1.165, 1.54) is 0 Å². The highest BCUT2D eigenvalue weighted by Gasteiger charge is 1.89. The van der Waals surface area contributed by atoms with E-state index in [1.807, 2.05) is 6.92 Å². The first kappa shape index (κ1) is 5.08. The minimum atomic E-state index is 0.424. The van der Waals surface area contributed by atoms with Gasteiger partial charge in [-0.15, -0.1) is 5.10 Å². The molecule has 0 fully saturated rings. The molecule has 1 radical (unpaired) electrons. The Balaban J connectivity index is 2.50. The zero-order valence-corrected chi connectivity index (χ0v) is 4.51. The fraction of sp³-hybridized carbons (Fsp3) is 0.500. The van der Waals surface area contributed by atoms with E-state index in [-0.39, 0.29) is 0 Å². The van der Waals surface area contributed by atoms with Gasteiger partial charge in [0.25, 0.3) is 0 Å². The number of aromatic amines is 1. The van der Waals surface area contributed by atoms with Gasteiger partial charge in [-0.25, -0.2) is 0 Å². The highest BCUT2D eigenvalue weighted by Crippen LogP contribution is 1.92. The third-order valence-corrected chi connectivity index (χ3v) is 0.635. The molecule has 0 spiro atoms. The topological polar surface area (TPSA) is 50.8 Å². The van der Waals surface area contributed by atoms with E-state index in [0.717, 1.165) is 0 Å². The van der Waals surface area contributed by atoms with Crippen molar-refractivity contribution in [3.63, 3.8) is 0 Å². The highest BCUT2D eigenvalue weighted by molar-refractivity contribution is 4.83. The first-order chi connectivity index (χ1) is 3.93. The Morgan fingerprint density at radius 2 is 2.75 bits per heavy atom. The summed E-state index contributed by atoms with van der Waals surface area (Å²) in [5, 5.41) is 6.91. The number of nitrogens with zero attached hydrogens (tertiary/aromatic N) is 2. The van der Waals surface area contributed by atoms with Gasteiger partial charge in [0.05, 0.1) is 6.61 Å². The Hall–Kier alpha value is -1.06. The second-order valence-electron chi connectivity index (χ2n) is 1.17. The molecule has 1 N–H and O–H groups in total. The predicted octanol–water partition coefficient (Wildman–Crippen LogP) is 0.00359. The Bertz CT molecular complexity index is 137. The molecule has 0 aromatic carbocycles. The van der Waals surface area contributed by atoms with E-state index < -0.39 is 0 Å². The summed E-state index contributed by atoms with van der Waals surface area (Å²) in [6.45, 7) is 2.48. The standard InChI is InChI=1S/C4H6N3O/c1-2-8-4-5-3-6-7-4/h2H2,1H3,(H,5,6,7). The third kappa shape index (κ3) is 0.959. The number of nitrogens with one attached hydrogen (secondary N) is 1. The van der Waals surface area contributed by atoms with Gasteiger partial charge in [0.15, 0.2) is 0 Å². The van der Waals surface area contributed by atoms with Crippen molar-refractivity contribution < 1.29 is 4.74 Å². The van der Waals surface area contributed by atoms with Crippen molar-refractivity contribution in [3.05, 3.63) is 6.33 Å². The average Bonchev–Trinajstić information content (AvgIpc) is 2.19. The molecule has 43 valence electrons. The number of ether oxygens (including phenoxy) is 1. The van der Waals surface area contributed by atoms with Gasteiger partial charge in [0.2, 0.25) is 6.33 Å². The lowest BCUT2D eigenvalue weighted by molar-refractivity contribution is 0.314. The molecule has 0 aliphatic heterocycles. The van der Waals surface area contributed by atoms with Gasteiger partial charge in [-0.1, -0.05) is 5.10 Å². The number of rotatable bonds is 2. The molecule has 0 aliphatic carbocycles. The van der Waals surface area contributed by atoms with E-state index in [0.29, 0.717) is 12.6 Å². The van der Waals surface area contributed by atoms with Gasteiger partial charge in [-0.3, -0.25) is 4.98 Å². The van der Waals surface area contributed by atoms with Crippen LogP contribution in [0.3, 0.4) is 0 Å². The van der Waals surface area contributed by atoms with E-state index in [1.54, 1.807) is 0 Å². The summed E-state index contributed by atoms with van der Waals surface area (Å²) in [7, 11) is 0. The summed E-state index contributed by atoms with van der Waals surface area (Å²) in [6.07, 6.45) is 2.40. The molecule has 0 saturated carbocycles. The van der Waals surface area contributed by atoms with E-state index >= 15 is 0 Å². The Morgan fingerprint density at radius 3 is 3.25 bits per heavy atom. The highest BCUT2D eigenvalue weighted by atomic mass is 16.5. The number of hydrogen-bond donors (Lipinski definition) is 1. The molecule has 0 aliphatic rings. The van der Waals surface area contributed by atoms with Crippen LogP contribution in [0, 0.1) is 6.33 Å². The maximum atomic E-state index is 4.89. The van der Waals surface area contributed by atoms with Crippen LogP contribution in [0.4, 0.5) is 0 Å². The van der Waals surface area contributed by atoms with Crippen molar-refractivity contribution in [1.29, 1.82) is 0 Å². The van der Waals surface area contributed by atoms with Gasteiger partial charge in [0, 0.05) is 0 Å². The van der Waals surface area contributed by atoms with Gasteiger partial charge >= 0.3 is 6.01 Å². The predicted molar refractivity (Wildman–Crippen MR) is 26.4 cm³/mol. The normalized spacial score (nSPS) is 9.12. The summed E-state index contributed by atoms with van der Waals surface area (Å²) < 4.78 is 4.89. The lowest BCUT2D eigenvalue weighted by atomic mass is 10.9. The SMILES string of the molecule is CCOc1nn[c][nH]1. The van der Waals surface area contributed by atoms with Crippen molar-refractivity contribution in [3.8, 4) is 6.01 Å². The van der Waals surface area contributed by atoms with E-state index in [4.69, 9.17) is 4.74 Å². The van der Waals surface area contributed by atoms with Crippen molar-refractivity contribution in [2.75, 3.05) is 6.61 Å². The van der Waals surface area contributed by atoms with Gasteiger partial charge in [0.1, 0.15) is 0 Å². The van der Waals surface area contributed by atoms with Crippen LogP contribution in [0.15, 0.2) is 0 Å². The van der Waals surface area contributed by atoms with Crippen molar-refractivity contribution in [2.24, 2.45) is 0 Å². The molecule has 4 heteroatoms. The maximum Gasteiger partial charge on any atom is 0.314 e. The Labute approximate surface area is 46.9 Å². The van der Waals surface area contributed by atoms with Crippen molar-refractivity contribution in [2.45, 2.75) is 6.92 Å². The lowest BCUT2D eigenvalue weighted by Crippen LogP contribution is -1.92. The van der Waals surface area contributed by atoms with Crippen molar-refractivity contribution in [1.82, 2.24) is 15.2 Å². The van der Waals surface area contributed by atoms with Gasteiger partial charge in [-0.2, -0.15) is 0 Å². The minimum absolute atomic E-state index is 0.424. The average molecular weight is 112 g/mol. The molecule has 1 rings (SSSR count). The first-order valence-corrected chi connectivity index (χ1v) is 2.35. The number of aromatic nitrogens is 3. The van der Waals surface area contributed by atoms with Crippen LogP contribution in [0.1, 0.15) is 6.92 Å². The molecule has 0 bridgehead atoms. The fourth-order valence-electron chi connectivity index (χ4n) is 0.370. The van der Waals surface area contributed by atoms with Crippen LogP contribution >= 0.6 is 0 Å². The second kappa shape index (κ2) is 2.30. The first-order valence-electron chi connectivity index (χ1n) is 2.35. The quantitative estimate of drug-likeness (QED) is 0.586. The molecule has 0 atom stereocenters. The molecule has 1 heterocycles. The van der Waals surface area contributed by atoms with Crippen LogP contribution < -0.4 is 4.74 Å². The van der Waals surface area contributed by atoms with Crippen LogP contribution in [0.2, 0.25) is 0 Å². The monoisotopic (exact) mass is 112 g/mol. The summed E-state index contributed by atoms with van der Waals surface area (Å²) in [5.74, 6) is 0. The van der Waals surface area contributed by atoms with E-state index in [2.05, 4.69) is 21.5 Å². The maximum absolute atomic E-state index is 4.89. The minimum Gasteiger partial charge on any atom is -0.464 e. The summed E-state index contributed by atoms with van der Waals surface area (Å²) in [4.78, 5) is 2.57. The molecule has 0 unspecified atom stereocenters. The summed E-state index contributed by atoms with van der Waals surface area (Å²) in [6, 6.07) is 0.424. The van der Waals surface area contributed by atoms with Crippen LogP contribution in [0.5, 0.6) is 6.01 Å². The second-order valence-corrected chi connectivity index (χ2v) is 1.17. The summed E-state index contributed by atoms with van der Waals surface area (Å²) >= 11 is 0. The van der Waals surface area contributed by atoms with Gasteiger partial charge in [-0.05, 0) is 6.92 Å². The fourth-order valence-corrected chi connectivity index (χ4v) is 0.370.